The fraction of sp³-hybridized carbons (Fsp3) is 0.545. The van der Waals surface area contributed by atoms with Gasteiger partial charge in [-0.1, -0.05) is 0 Å². The molecule has 1 aromatic heterocycles. The third-order valence-electron chi connectivity index (χ3n) is 2.15. The molecule has 0 aliphatic carbocycles. The zero-order chi connectivity index (χ0) is 13.4. The van der Waals surface area contributed by atoms with Gasteiger partial charge < -0.3 is 19.9 Å². The van der Waals surface area contributed by atoms with Crippen molar-refractivity contribution in [2.45, 2.75) is 19.4 Å². The lowest BCUT2D eigenvalue weighted by Crippen LogP contribution is -2.25. The summed E-state index contributed by atoms with van der Waals surface area (Å²) in [5, 5.41) is 11.6. The molecule has 2 N–H and O–H groups in total. The summed E-state index contributed by atoms with van der Waals surface area (Å²) >= 11 is 0. The van der Waals surface area contributed by atoms with Crippen LogP contribution < -0.4 is 10.1 Å². The molecule has 0 saturated heterocycles. The maximum atomic E-state index is 10.6. The molecule has 7 nitrogen and oxygen atoms in total. The third-order valence-corrected chi connectivity index (χ3v) is 2.15. The Hall–Kier alpha value is -1.89. The van der Waals surface area contributed by atoms with E-state index in [4.69, 9.17) is 14.6 Å². The van der Waals surface area contributed by atoms with Crippen molar-refractivity contribution in [3.05, 3.63) is 12.4 Å². The van der Waals surface area contributed by atoms with Crippen LogP contribution in [0.25, 0.3) is 0 Å². The molecule has 0 fully saturated rings. The standard InChI is InChI=1S/C11H17N3O4/c1-3-18-10-7-12-6-9(14-10)13-5-8(17-2)4-11(15)16/h6-8H,3-5H2,1-2H3,(H,13,14)(H,15,16). The minimum Gasteiger partial charge on any atom is -0.481 e. The summed E-state index contributed by atoms with van der Waals surface area (Å²) in [6.07, 6.45) is 2.57. The summed E-state index contributed by atoms with van der Waals surface area (Å²) in [6, 6.07) is 0. The van der Waals surface area contributed by atoms with E-state index in [9.17, 15) is 4.79 Å². The minimum absolute atomic E-state index is 0.0674. The number of carbonyl (C=O) groups is 1. The fourth-order valence-corrected chi connectivity index (χ4v) is 1.30. The van der Waals surface area contributed by atoms with Gasteiger partial charge in [-0.25, -0.2) is 0 Å². The number of carboxylic acids is 1. The van der Waals surface area contributed by atoms with Gasteiger partial charge in [0.05, 0.1) is 31.5 Å². The Kier molecular flexibility index (Phi) is 5.86. The van der Waals surface area contributed by atoms with E-state index < -0.39 is 12.1 Å². The van der Waals surface area contributed by atoms with Gasteiger partial charge in [0.1, 0.15) is 5.82 Å². The van der Waals surface area contributed by atoms with E-state index in [-0.39, 0.29) is 6.42 Å². The second-order valence-electron chi connectivity index (χ2n) is 3.51. The van der Waals surface area contributed by atoms with Gasteiger partial charge in [0.25, 0.3) is 0 Å². The lowest BCUT2D eigenvalue weighted by atomic mass is 10.2. The van der Waals surface area contributed by atoms with Crippen molar-refractivity contribution in [1.29, 1.82) is 0 Å². The Morgan fingerprint density at radius 1 is 1.56 bits per heavy atom. The molecule has 1 unspecified atom stereocenters. The zero-order valence-corrected chi connectivity index (χ0v) is 10.4. The number of aromatic nitrogens is 2. The summed E-state index contributed by atoms with van der Waals surface area (Å²) in [5.41, 5.74) is 0. The van der Waals surface area contributed by atoms with E-state index in [1.807, 2.05) is 6.92 Å². The normalized spacial score (nSPS) is 11.9. The van der Waals surface area contributed by atoms with Gasteiger partial charge in [0.15, 0.2) is 0 Å². The second kappa shape index (κ2) is 7.44. The summed E-state index contributed by atoms with van der Waals surface area (Å²) in [5.74, 6) is 0.0425. The fourth-order valence-electron chi connectivity index (χ4n) is 1.30. The van der Waals surface area contributed by atoms with Crippen molar-refractivity contribution in [1.82, 2.24) is 9.97 Å². The predicted octanol–water partition coefficient (Wildman–Crippen LogP) is 0.777. The first-order chi connectivity index (χ1) is 8.65. The molecular weight excluding hydrogens is 238 g/mol. The first-order valence-corrected chi connectivity index (χ1v) is 5.59. The lowest BCUT2D eigenvalue weighted by molar-refractivity contribution is -0.139. The van der Waals surface area contributed by atoms with Gasteiger partial charge >= 0.3 is 5.97 Å². The molecule has 0 aromatic carbocycles. The molecule has 0 aliphatic heterocycles. The Morgan fingerprint density at radius 3 is 2.94 bits per heavy atom. The monoisotopic (exact) mass is 255 g/mol. The molecule has 0 radical (unpaired) electrons. The zero-order valence-electron chi connectivity index (χ0n) is 10.4. The Balaban J connectivity index is 2.50. The van der Waals surface area contributed by atoms with E-state index in [1.165, 1.54) is 19.5 Å². The number of rotatable bonds is 8. The van der Waals surface area contributed by atoms with Crippen molar-refractivity contribution >= 4 is 11.8 Å². The summed E-state index contributed by atoms with van der Waals surface area (Å²) in [7, 11) is 1.47. The van der Waals surface area contributed by atoms with Crippen molar-refractivity contribution < 1.29 is 19.4 Å². The van der Waals surface area contributed by atoms with Crippen LogP contribution in [0.15, 0.2) is 12.4 Å². The molecule has 0 saturated carbocycles. The van der Waals surface area contributed by atoms with Gasteiger partial charge in [-0.05, 0) is 6.92 Å². The number of carboxylic acid groups (broad SMARTS) is 1. The molecule has 7 heteroatoms. The second-order valence-corrected chi connectivity index (χ2v) is 3.51. The van der Waals surface area contributed by atoms with Crippen LogP contribution in [-0.2, 0) is 9.53 Å². The highest BCUT2D eigenvalue weighted by atomic mass is 16.5. The summed E-state index contributed by atoms with van der Waals surface area (Å²) in [4.78, 5) is 18.7. The smallest absolute Gasteiger partial charge is 0.306 e. The molecule has 1 atom stereocenters. The van der Waals surface area contributed by atoms with Crippen molar-refractivity contribution in [3.8, 4) is 5.88 Å². The average Bonchev–Trinajstić information content (AvgIpc) is 2.35. The molecule has 1 rings (SSSR count). The van der Waals surface area contributed by atoms with E-state index in [0.29, 0.717) is 24.8 Å². The van der Waals surface area contributed by atoms with Gasteiger partial charge in [-0.15, -0.1) is 0 Å². The number of nitrogens with one attached hydrogen (secondary N) is 1. The molecule has 0 amide bonds. The molecule has 1 heterocycles. The number of hydrogen-bond acceptors (Lipinski definition) is 6. The number of hydrogen-bond donors (Lipinski definition) is 2. The van der Waals surface area contributed by atoms with Crippen LogP contribution in [0.1, 0.15) is 13.3 Å². The minimum atomic E-state index is -0.905. The maximum absolute atomic E-state index is 10.6. The van der Waals surface area contributed by atoms with E-state index >= 15 is 0 Å². The molecule has 1 aromatic rings. The number of ether oxygens (including phenoxy) is 2. The molecule has 0 bridgehead atoms. The number of nitrogens with zero attached hydrogens (tertiary/aromatic N) is 2. The number of methoxy groups -OCH3 is 1. The molecular formula is C11H17N3O4. The van der Waals surface area contributed by atoms with Crippen LogP contribution in [-0.4, -0.2) is 47.4 Å². The highest BCUT2D eigenvalue weighted by Gasteiger charge is 2.12. The first kappa shape index (κ1) is 14.2. The predicted molar refractivity (Wildman–Crippen MR) is 64.7 cm³/mol. The largest absolute Gasteiger partial charge is 0.481 e. The Morgan fingerprint density at radius 2 is 2.33 bits per heavy atom. The van der Waals surface area contributed by atoms with Crippen LogP contribution in [0.3, 0.4) is 0 Å². The number of anilines is 1. The average molecular weight is 255 g/mol. The third kappa shape index (κ3) is 4.96. The van der Waals surface area contributed by atoms with Crippen LogP contribution in [0.2, 0.25) is 0 Å². The summed E-state index contributed by atoms with van der Waals surface area (Å²) in [6.45, 7) is 2.71. The summed E-state index contributed by atoms with van der Waals surface area (Å²) < 4.78 is 10.2. The lowest BCUT2D eigenvalue weighted by Gasteiger charge is -2.14. The highest BCUT2D eigenvalue weighted by molar-refractivity contribution is 5.67. The van der Waals surface area contributed by atoms with Crippen LogP contribution in [0.5, 0.6) is 5.88 Å². The Labute approximate surface area is 105 Å². The number of aliphatic carboxylic acids is 1. The quantitative estimate of drug-likeness (QED) is 0.708. The molecule has 18 heavy (non-hydrogen) atoms. The van der Waals surface area contributed by atoms with Crippen molar-refractivity contribution in [2.75, 3.05) is 25.6 Å². The van der Waals surface area contributed by atoms with Gasteiger partial charge in [-0.3, -0.25) is 9.78 Å². The van der Waals surface area contributed by atoms with Gasteiger partial charge in [0.2, 0.25) is 5.88 Å². The molecule has 100 valence electrons. The SMILES string of the molecule is CCOc1cncc(NCC(CC(=O)O)OC)n1. The van der Waals surface area contributed by atoms with Crippen LogP contribution >= 0.6 is 0 Å². The van der Waals surface area contributed by atoms with Crippen molar-refractivity contribution in [3.63, 3.8) is 0 Å². The van der Waals surface area contributed by atoms with E-state index in [0.717, 1.165) is 0 Å². The van der Waals surface area contributed by atoms with E-state index in [1.54, 1.807) is 0 Å². The molecule has 0 aliphatic rings. The van der Waals surface area contributed by atoms with Crippen LogP contribution in [0, 0.1) is 0 Å². The first-order valence-electron chi connectivity index (χ1n) is 5.59. The molecule has 0 spiro atoms. The Bertz CT molecular complexity index is 386. The highest BCUT2D eigenvalue weighted by Crippen LogP contribution is 2.09. The topological polar surface area (TPSA) is 93.6 Å². The van der Waals surface area contributed by atoms with E-state index in [2.05, 4.69) is 15.3 Å². The maximum Gasteiger partial charge on any atom is 0.306 e. The van der Waals surface area contributed by atoms with Crippen molar-refractivity contribution in [2.24, 2.45) is 0 Å². The van der Waals surface area contributed by atoms with Gasteiger partial charge in [-0.2, -0.15) is 4.98 Å². The van der Waals surface area contributed by atoms with Crippen LogP contribution in [0.4, 0.5) is 5.82 Å². The van der Waals surface area contributed by atoms with Gasteiger partial charge in [0, 0.05) is 13.7 Å².